The minimum absolute atomic E-state index is 0.0967. The first-order chi connectivity index (χ1) is 12.6. The zero-order chi connectivity index (χ0) is 18.1. The summed E-state index contributed by atoms with van der Waals surface area (Å²) in [5, 5.41) is 3.25. The van der Waals surface area contributed by atoms with Gasteiger partial charge in [-0.1, -0.05) is 17.4 Å². The van der Waals surface area contributed by atoms with Gasteiger partial charge in [-0.2, -0.15) is 0 Å². The average molecular weight is 370 g/mol. The summed E-state index contributed by atoms with van der Waals surface area (Å²) in [7, 11) is 0. The topological polar surface area (TPSA) is 105 Å². The van der Waals surface area contributed by atoms with Crippen molar-refractivity contribution in [2.45, 2.75) is 13.0 Å². The van der Waals surface area contributed by atoms with Crippen LogP contribution in [-0.4, -0.2) is 40.4 Å². The van der Waals surface area contributed by atoms with Crippen LogP contribution in [0.3, 0.4) is 0 Å². The third-order valence-corrected chi connectivity index (χ3v) is 5.14. The summed E-state index contributed by atoms with van der Waals surface area (Å²) < 4.78 is 4.90. The maximum absolute atomic E-state index is 12.6. The second-order valence-electron chi connectivity index (χ2n) is 5.87. The van der Waals surface area contributed by atoms with Crippen LogP contribution in [0.4, 0.5) is 5.13 Å². The predicted molar refractivity (Wildman–Crippen MR) is 94.0 cm³/mol. The molecule has 2 aliphatic heterocycles. The molecular weight excluding hydrogens is 356 g/mol. The second kappa shape index (κ2) is 6.68. The van der Waals surface area contributed by atoms with Crippen LogP contribution in [0.25, 0.3) is 0 Å². The Hall–Kier alpha value is -3.07. The number of fused-ring (bicyclic) bond motifs is 1. The van der Waals surface area contributed by atoms with Crippen LogP contribution in [0.15, 0.2) is 40.2 Å². The number of rotatable bonds is 3. The van der Waals surface area contributed by atoms with Crippen LogP contribution >= 0.6 is 11.3 Å². The van der Waals surface area contributed by atoms with Gasteiger partial charge in [-0.15, -0.1) is 0 Å². The molecule has 0 aliphatic carbocycles. The molecule has 26 heavy (non-hydrogen) atoms. The smallest absolute Gasteiger partial charge is 0.269 e. The van der Waals surface area contributed by atoms with E-state index >= 15 is 0 Å². The zero-order valence-electron chi connectivity index (χ0n) is 13.5. The minimum Gasteiger partial charge on any atom is -0.472 e. The van der Waals surface area contributed by atoms with E-state index in [1.54, 1.807) is 17.0 Å². The molecule has 2 aromatic heterocycles. The first kappa shape index (κ1) is 16.4. The van der Waals surface area contributed by atoms with E-state index in [4.69, 9.17) is 4.42 Å². The van der Waals surface area contributed by atoms with Gasteiger partial charge in [-0.05, 0) is 6.07 Å². The fraction of sp³-hybridized carbons (Fsp3) is 0.235. The number of aliphatic imine (C=N–C) groups is 1. The number of nitrogens with one attached hydrogen (secondary N) is 1. The summed E-state index contributed by atoms with van der Waals surface area (Å²) in [6.07, 6.45) is 7.68. The molecule has 0 spiro atoms. The van der Waals surface area contributed by atoms with Crippen molar-refractivity contribution in [3.63, 3.8) is 0 Å². The number of hydrogen-bond acceptors (Lipinski definition) is 6. The number of amides is 3. The van der Waals surface area contributed by atoms with Crippen molar-refractivity contribution >= 4 is 40.4 Å². The van der Waals surface area contributed by atoms with E-state index in [0.29, 0.717) is 30.2 Å². The highest BCUT2D eigenvalue weighted by Crippen LogP contribution is 2.29. The van der Waals surface area contributed by atoms with Crippen LogP contribution in [0.2, 0.25) is 0 Å². The molecule has 2 aromatic rings. The van der Waals surface area contributed by atoms with Gasteiger partial charge in [0, 0.05) is 30.1 Å². The van der Waals surface area contributed by atoms with Crippen molar-refractivity contribution in [1.29, 1.82) is 0 Å². The molecule has 2 aliphatic rings. The molecule has 8 nitrogen and oxygen atoms in total. The number of aromatic nitrogens is 1. The number of thiazole rings is 1. The molecule has 1 atom stereocenters. The lowest BCUT2D eigenvalue weighted by molar-refractivity contribution is -0.132. The van der Waals surface area contributed by atoms with Crippen LogP contribution < -0.4 is 5.32 Å². The van der Waals surface area contributed by atoms with Gasteiger partial charge < -0.3 is 9.32 Å². The average Bonchev–Trinajstić information content (AvgIpc) is 3.30. The summed E-state index contributed by atoms with van der Waals surface area (Å²) in [6, 6.07) is 1.58. The predicted octanol–water partition coefficient (Wildman–Crippen LogP) is 1.66. The largest absolute Gasteiger partial charge is 0.472 e. The maximum atomic E-state index is 12.6. The van der Waals surface area contributed by atoms with Gasteiger partial charge in [-0.25, -0.2) is 9.98 Å². The fourth-order valence-electron chi connectivity index (χ4n) is 2.79. The maximum Gasteiger partial charge on any atom is 0.269 e. The quantitative estimate of drug-likeness (QED) is 0.885. The van der Waals surface area contributed by atoms with Crippen molar-refractivity contribution in [1.82, 2.24) is 9.88 Å². The van der Waals surface area contributed by atoms with Crippen LogP contribution in [0.1, 0.15) is 20.9 Å². The molecule has 0 saturated carbocycles. The van der Waals surface area contributed by atoms with E-state index in [-0.39, 0.29) is 17.7 Å². The standard InChI is InChI=1S/C17H14N4O4S/c22-14-2-1-10(7-18-14)16(24)21-5-3-12-13(8-21)26-17(19-12)20-15(23)11-4-6-25-9-11/h1-2,4,6-7,9-10H,3,5,8H2,(H,19,20,23). The van der Waals surface area contributed by atoms with E-state index < -0.39 is 5.92 Å². The second-order valence-corrected chi connectivity index (χ2v) is 6.95. The molecule has 3 amide bonds. The Morgan fingerprint density at radius 3 is 3.00 bits per heavy atom. The summed E-state index contributed by atoms with van der Waals surface area (Å²) in [5.74, 6) is -1.25. The van der Waals surface area contributed by atoms with Crippen LogP contribution in [-0.2, 0) is 22.6 Å². The number of carbonyl (C=O) groups is 3. The number of anilines is 1. The van der Waals surface area contributed by atoms with Gasteiger partial charge >= 0.3 is 0 Å². The molecule has 0 radical (unpaired) electrons. The zero-order valence-corrected chi connectivity index (χ0v) is 14.4. The third kappa shape index (κ3) is 3.21. The molecule has 0 saturated heterocycles. The molecule has 0 fully saturated rings. The van der Waals surface area contributed by atoms with Gasteiger partial charge in [0.25, 0.3) is 11.8 Å². The molecule has 4 rings (SSSR count). The van der Waals surface area contributed by atoms with Crippen LogP contribution in [0.5, 0.6) is 0 Å². The van der Waals surface area contributed by atoms with E-state index in [1.807, 2.05) is 0 Å². The number of dihydropyridines is 1. The lowest BCUT2D eigenvalue weighted by Crippen LogP contribution is -2.40. The van der Waals surface area contributed by atoms with E-state index in [0.717, 1.165) is 10.6 Å². The lowest BCUT2D eigenvalue weighted by atomic mass is 10.1. The normalized spacial score (nSPS) is 18.7. The van der Waals surface area contributed by atoms with Gasteiger partial charge in [-0.3, -0.25) is 19.7 Å². The van der Waals surface area contributed by atoms with E-state index in [9.17, 15) is 14.4 Å². The molecule has 1 unspecified atom stereocenters. The van der Waals surface area contributed by atoms with Crippen molar-refractivity contribution in [2.24, 2.45) is 10.9 Å². The monoisotopic (exact) mass is 370 g/mol. The van der Waals surface area contributed by atoms with Gasteiger partial charge in [0.05, 0.1) is 30.0 Å². The van der Waals surface area contributed by atoms with Crippen molar-refractivity contribution in [2.75, 3.05) is 11.9 Å². The van der Waals surface area contributed by atoms with Crippen molar-refractivity contribution in [3.05, 3.63) is 46.9 Å². The minimum atomic E-state index is -0.512. The van der Waals surface area contributed by atoms with Gasteiger partial charge in [0.1, 0.15) is 6.26 Å². The Balaban J connectivity index is 1.44. The highest BCUT2D eigenvalue weighted by molar-refractivity contribution is 7.15. The third-order valence-electron chi connectivity index (χ3n) is 4.14. The van der Waals surface area contributed by atoms with Crippen LogP contribution in [0, 0.1) is 5.92 Å². The Morgan fingerprint density at radius 2 is 2.27 bits per heavy atom. The summed E-state index contributed by atoms with van der Waals surface area (Å²) in [4.78, 5) is 46.5. The Kier molecular flexibility index (Phi) is 4.21. The number of nitrogens with zero attached hydrogens (tertiary/aromatic N) is 3. The Bertz CT molecular complexity index is 913. The Morgan fingerprint density at radius 1 is 1.38 bits per heavy atom. The number of carbonyl (C=O) groups excluding carboxylic acids is 3. The fourth-order valence-corrected chi connectivity index (χ4v) is 3.81. The van der Waals surface area contributed by atoms with Crippen molar-refractivity contribution < 1.29 is 18.8 Å². The molecule has 9 heteroatoms. The Labute approximate surface area is 152 Å². The van der Waals surface area contributed by atoms with E-state index in [2.05, 4.69) is 15.3 Å². The lowest BCUT2D eigenvalue weighted by Gasteiger charge is -2.28. The summed E-state index contributed by atoms with van der Waals surface area (Å²) in [5.41, 5.74) is 1.32. The summed E-state index contributed by atoms with van der Waals surface area (Å²) >= 11 is 1.36. The molecular formula is C17H14N4O4S. The number of hydrogen-bond donors (Lipinski definition) is 1. The SMILES string of the molecule is O=C1C=CC(C(=O)N2CCc3nc(NC(=O)c4ccoc4)sc3C2)C=N1. The molecule has 0 bridgehead atoms. The van der Waals surface area contributed by atoms with Gasteiger partial charge in [0.2, 0.25) is 5.91 Å². The summed E-state index contributed by atoms with van der Waals surface area (Å²) in [6.45, 7) is 0.969. The molecule has 4 heterocycles. The highest BCUT2D eigenvalue weighted by Gasteiger charge is 2.28. The molecule has 1 N–H and O–H groups in total. The highest BCUT2D eigenvalue weighted by atomic mass is 32.1. The first-order valence-corrected chi connectivity index (χ1v) is 8.79. The first-order valence-electron chi connectivity index (χ1n) is 7.97. The van der Waals surface area contributed by atoms with E-state index in [1.165, 1.54) is 36.2 Å². The molecule has 132 valence electrons. The van der Waals surface area contributed by atoms with Crippen molar-refractivity contribution in [3.8, 4) is 0 Å². The molecule has 0 aromatic carbocycles. The number of furan rings is 1. The van der Waals surface area contributed by atoms with Gasteiger partial charge in [0.15, 0.2) is 5.13 Å².